The van der Waals surface area contributed by atoms with Crippen LogP contribution in [-0.4, -0.2) is 20.7 Å². The molecule has 0 spiro atoms. The second kappa shape index (κ2) is 11.2. The highest BCUT2D eigenvalue weighted by Gasteiger charge is 2.31. The fourth-order valence-electron chi connectivity index (χ4n) is 3.81. The number of aryl methyl sites for hydroxylation is 2. The maximum absolute atomic E-state index is 13.6. The van der Waals surface area contributed by atoms with Crippen molar-refractivity contribution in [1.82, 2.24) is 0 Å². The lowest BCUT2D eigenvalue weighted by atomic mass is 10.1. The number of hydrogen-bond donors (Lipinski definition) is 1. The largest absolute Gasteiger partial charge is 0.573 e. The molecule has 4 rings (SSSR count). The maximum Gasteiger partial charge on any atom is 0.573 e. The molecule has 0 fully saturated rings. The van der Waals surface area contributed by atoms with Crippen molar-refractivity contribution < 1.29 is 31.1 Å². The smallest absolute Gasteiger partial charge is 0.406 e. The fraction of sp³-hybridized carbons (Fsp3) is 0.138. The van der Waals surface area contributed by atoms with Gasteiger partial charge in [0.25, 0.3) is 15.9 Å². The quantitative estimate of drug-likeness (QED) is 0.259. The molecule has 10 heteroatoms. The second-order valence-corrected chi connectivity index (χ2v) is 10.7. The number of hydrogen-bond acceptors (Lipinski definition) is 4. The van der Waals surface area contributed by atoms with E-state index in [0.717, 1.165) is 23.3 Å². The molecular formula is C29H25F3N2O4S. The third-order valence-electron chi connectivity index (χ3n) is 5.98. The summed E-state index contributed by atoms with van der Waals surface area (Å²) < 4.78 is 69.9. The third kappa shape index (κ3) is 6.97. The standard InChI is InChI=1S/C29H25F3N2O4S/c1-20-11-16-25(17-21(20)2)34(39(36,37)27-9-4-3-5-10-27)19-22-12-14-24(15-13-22)33-28(35)23-7-6-8-26(18-23)38-29(30,31)32/h3-18H,19H2,1-2H3,(H,33,35). The summed E-state index contributed by atoms with van der Waals surface area (Å²) >= 11 is 0. The zero-order valence-corrected chi connectivity index (χ0v) is 21.9. The zero-order chi connectivity index (χ0) is 28.2. The lowest BCUT2D eigenvalue weighted by Crippen LogP contribution is -2.30. The summed E-state index contributed by atoms with van der Waals surface area (Å²) in [6.07, 6.45) is -4.87. The number of halogens is 3. The van der Waals surface area contributed by atoms with E-state index in [1.807, 2.05) is 26.0 Å². The topological polar surface area (TPSA) is 75.7 Å². The van der Waals surface area contributed by atoms with E-state index in [1.165, 1.54) is 28.6 Å². The van der Waals surface area contributed by atoms with E-state index in [-0.39, 0.29) is 17.0 Å². The number of ether oxygens (including phenoxy) is 1. The van der Waals surface area contributed by atoms with E-state index in [9.17, 15) is 26.4 Å². The number of rotatable bonds is 8. The van der Waals surface area contributed by atoms with Crippen LogP contribution in [0.4, 0.5) is 24.5 Å². The van der Waals surface area contributed by atoms with Gasteiger partial charge in [0.05, 0.1) is 17.1 Å². The molecule has 39 heavy (non-hydrogen) atoms. The molecule has 0 bridgehead atoms. The van der Waals surface area contributed by atoms with Gasteiger partial charge in [-0.05, 0) is 85.1 Å². The number of carbonyl (C=O) groups is 1. The van der Waals surface area contributed by atoms with E-state index in [1.54, 1.807) is 48.5 Å². The van der Waals surface area contributed by atoms with Crippen molar-refractivity contribution in [2.24, 2.45) is 0 Å². The molecule has 0 saturated heterocycles. The third-order valence-corrected chi connectivity index (χ3v) is 7.77. The Bertz CT molecular complexity index is 1570. The molecule has 0 aliphatic carbocycles. The second-order valence-electron chi connectivity index (χ2n) is 8.82. The van der Waals surface area contributed by atoms with Crippen molar-refractivity contribution in [2.45, 2.75) is 31.7 Å². The maximum atomic E-state index is 13.6. The number of nitrogens with one attached hydrogen (secondary N) is 1. The Balaban J connectivity index is 1.55. The van der Waals surface area contributed by atoms with Crippen LogP contribution in [0.2, 0.25) is 0 Å². The minimum atomic E-state index is -4.87. The Morgan fingerprint density at radius 3 is 2.18 bits per heavy atom. The van der Waals surface area contributed by atoms with Gasteiger partial charge in [-0.3, -0.25) is 9.10 Å². The van der Waals surface area contributed by atoms with Gasteiger partial charge in [0.1, 0.15) is 5.75 Å². The normalized spacial score (nSPS) is 11.6. The lowest BCUT2D eigenvalue weighted by Gasteiger charge is -2.25. The monoisotopic (exact) mass is 554 g/mol. The molecule has 0 aliphatic heterocycles. The summed E-state index contributed by atoms with van der Waals surface area (Å²) in [4.78, 5) is 12.7. The first-order valence-corrected chi connectivity index (χ1v) is 13.3. The molecule has 1 N–H and O–H groups in total. The Hall–Kier alpha value is -4.31. The Morgan fingerprint density at radius 1 is 0.846 bits per heavy atom. The van der Waals surface area contributed by atoms with Crippen LogP contribution in [0.3, 0.4) is 0 Å². The van der Waals surface area contributed by atoms with E-state index in [2.05, 4.69) is 10.1 Å². The molecule has 0 aliphatic rings. The van der Waals surface area contributed by atoms with E-state index >= 15 is 0 Å². The molecule has 6 nitrogen and oxygen atoms in total. The van der Waals surface area contributed by atoms with Gasteiger partial charge in [0.15, 0.2) is 0 Å². The van der Waals surface area contributed by atoms with Crippen LogP contribution in [0.1, 0.15) is 27.0 Å². The summed E-state index contributed by atoms with van der Waals surface area (Å²) in [5.41, 5.74) is 3.52. The predicted octanol–water partition coefficient (Wildman–Crippen LogP) is 6.85. The van der Waals surface area contributed by atoms with Crippen LogP contribution in [-0.2, 0) is 16.6 Å². The Kier molecular flexibility index (Phi) is 7.96. The van der Waals surface area contributed by atoms with Crippen molar-refractivity contribution >= 4 is 27.3 Å². The molecule has 0 aromatic heterocycles. The summed E-state index contributed by atoms with van der Waals surface area (Å²) in [6, 6.07) is 24.9. The molecule has 1 amide bonds. The van der Waals surface area contributed by atoms with Gasteiger partial charge < -0.3 is 10.1 Å². The Morgan fingerprint density at radius 2 is 1.54 bits per heavy atom. The van der Waals surface area contributed by atoms with Crippen molar-refractivity contribution in [3.63, 3.8) is 0 Å². The molecular weight excluding hydrogens is 529 g/mol. The molecule has 202 valence electrons. The van der Waals surface area contributed by atoms with Gasteiger partial charge in [-0.15, -0.1) is 13.2 Å². The number of amides is 1. The lowest BCUT2D eigenvalue weighted by molar-refractivity contribution is -0.274. The average Bonchev–Trinajstić information content (AvgIpc) is 2.89. The zero-order valence-electron chi connectivity index (χ0n) is 21.1. The van der Waals surface area contributed by atoms with E-state index < -0.39 is 28.0 Å². The van der Waals surface area contributed by atoms with E-state index in [4.69, 9.17) is 0 Å². The van der Waals surface area contributed by atoms with Crippen molar-refractivity contribution in [2.75, 3.05) is 9.62 Å². The van der Waals surface area contributed by atoms with Crippen molar-refractivity contribution in [1.29, 1.82) is 0 Å². The van der Waals surface area contributed by atoms with Gasteiger partial charge in [-0.1, -0.05) is 42.5 Å². The number of alkyl halides is 3. The van der Waals surface area contributed by atoms with Crippen LogP contribution in [0, 0.1) is 13.8 Å². The minimum Gasteiger partial charge on any atom is -0.406 e. The van der Waals surface area contributed by atoms with Crippen LogP contribution in [0.25, 0.3) is 0 Å². The molecule has 4 aromatic carbocycles. The number of sulfonamides is 1. The molecule has 0 radical (unpaired) electrons. The fourth-order valence-corrected chi connectivity index (χ4v) is 5.28. The molecule has 0 heterocycles. The predicted molar refractivity (Wildman–Crippen MR) is 143 cm³/mol. The van der Waals surface area contributed by atoms with Crippen LogP contribution in [0.15, 0.2) is 102 Å². The van der Waals surface area contributed by atoms with Crippen molar-refractivity contribution in [3.05, 3.63) is 119 Å². The number of nitrogens with zero attached hydrogens (tertiary/aromatic N) is 1. The number of benzene rings is 4. The van der Waals surface area contributed by atoms with Gasteiger partial charge in [0.2, 0.25) is 0 Å². The van der Waals surface area contributed by atoms with Gasteiger partial charge in [-0.25, -0.2) is 8.42 Å². The highest BCUT2D eigenvalue weighted by molar-refractivity contribution is 7.92. The van der Waals surface area contributed by atoms with Gasteiger partial charge >= 0.3 is 6.36 Å². The van der Waals surface area contributed by atoms with Crippen LogP contribution >= 0.6 is 0 Å². The SMILES string of the molecule is Cc1ccc(N(Cc2ccc(NC(=O)c3cccc(OC(F)(F)F)c3)cc2)S(=O)(=O)c2ccccc2)cc1C. The first-order valence-electron chi connectivity index (χ1n) is 11.8. The highest BCUT2D eigenvalue weighted by Crippen LogP contribution is 2.28. The highest BCUT2D eigenvalue weighted by atomic mass is 32.2. The first-order chi connectivity index (χ1) is 18.4. The summed E-state index contributed by atoms with van der Waals surface area (Å²) in [6.45, 7) is 3.89. The summed E-state index contributed by atoms with van der Waals surface area (Å²) in [5.74, 6) is -1.13. The van der Waals surface area contributed by atoms with Crippen LogP contribution in [0.5, 0.6) is 5.75 Å². The number of anilines is 2. The van der Waals surface area contributed by atoms with Gasteiger partial charge in [0, 0.05) is 11.3 Å². The average molecular weight is 555 g/mol. The molecule has 0 saturated carbocycles. The first kappa shape index (κ1) is 27.7. The van der Waals surface area contributed by atoms with Crippen molar-refractivity contribution in [3.8, 4) is 5.75 Å². The molecule has 0 unspecified atom stereocenters. The van der Waals surface area contributed by atoms with Crippen LogP contribution < -0.4 is 14.4 Å². The number of carbonyl (C=O) groups excluding carboxylic acids is 1. The Labute approximate surface area is 224 Å². The van der Waals surface area contributed by atoms with Gasteiger partial charge in [-0.2, -0.15) is 0 Å². The van der Waals surface area contributed by atoms with E-state index in [0.29, 0.717) is 16.9 Å². The minimum absolute atomic E-state index is 0.0179. The summed E-state index contributed by atoms with van der Waals surface area (Å²) in [5, 5.41) is 2.62. The molecule has 4 aromatic rings. The summed E-state index contributed by atoms with van der Waals surface area (Å²) in [7, 11) is -3.89. The molecule has 0 atom stereocenters.